The molecular weight excluding hydrogens is 208 g/mol. The van der Waals surface area contributed by atoms with Crippen LogP contribution in [0.1, 0.15) is 38.5 Å². The molecule has 1 saturated heterocycles. The van der Waals surface area contributed by atoms with Gasteiger partial charge in [-0.25, -0.2) is 0 Å². The summed E-state index contributed by atoms with van der Waals surface area (Å²) in [4.78, 5) is 11.9. The van der Waals surface area contributed by atoms with Crippen molar-refractivity contribution in [3.8, 4) is 0 Å². The minimum atomic E-state index is 0.202. The van der Waals surface area contributed by atoms with Gasteiger partial charge >= 0.3 is 0 Å². The molecule has 2 aliphatic rings. The Bertz CT molecular complexity index is 206. The SMILES string of the molecule is O=C(CSC1CCCC1)C1CCCOC1. The molecule has 0 N–H and O–H groups in total. The van der Waals surface area contributed by atoms with Crippen molar-refractivity contribution in [2.75, 3.05) is 19.0 Å². The Labute approximate surface area is 96.1 Å². The summed E-state index contributed by atoms with van der Waals surface area (Å²) in [6, 6.07) is 0. The molecular formula is C12H20O2S. The van der Waals surface area contributed by atoms with Crippen LogP contribution in [0.25, 0.3) is 0 Å². The molecule has 1 heterocycles. The van der Waals surface area contributed by atoms with E-state index in [0.717, 1.165) is 30.5 Å². The van der Waals surface area contributed by atoms with Crippen LogP contribution in [0, 0.1) is 5.92 Å². The number of ketones is 1. The van der Waals surface area contributed by atoms with Crippen LogP contribution in [-0.4, -0.2) is 30.0 Å². The zero-order valence-corrected chi connectivity index (χ0v) is 10.1. The molecule has 0 spiro atoms. The maximum Gasteiger partial charge on any atom is 0.148 e. The van der Waals surface area contributed by atoms with Gasteiger partial charge in [-0.05, 0) is 25.7 Å². The first-order valence-electron chi connectivity index (χ1n) is 6.08. The molecule has 3 heteroatoms. The first-order valence-corrected chi connectivity index (χ1v) is 7.13. The van der Waals surface area contributed by atoms with Crippen LogP contribution in [0.2, 0.25) is 0 Å². The maximum absolute atomic E-state index is 11.9. The van der Waals surface area contributed by atoms with Gasteiger partial charge in [0.1, 0.15) is 5.78 Å². The predicted molar refractivity (Wildman–Crippen MR) is 63.3 cm³/mol. The van der Waals surface area contributed by atoms with Gasteiger partial charge in [0.25, 0.3) is 0 Å². The second-order valence-electron chi connectivity index (χ2n) is 4.60. The number of hydrogen-bond acceptors (Lipinski definition) is 3. The molecule has 0 radical (unpaired) electrons. The number of ether oxygens (including phenoxy) is 1. The van der Waals surface area contributed by atoms with E-state index in [4.69, 9.17) is 4.74 Å². The van der Waals surface area contributed by atoms with Gasteiger partial charge in [0, 0.05) is 17.8 Å². The number of rotatable bonds is 4. The topological polar surface area (TPSA) is 26.3 Å². The van der Waals surface area contributed by atoms with Crippen molar-refractivity contribution in [3.63, 3.8) is 0 Å². The van der Waals surface area contributed by atoms with Gasteiger partial charge < -0.3 is 4.74 Å². The summed E-state index contributed by atoms with van der Waals surface area (Å²) in [6.45, 7) is 1.52. The summed E-state index contributed by atoms with van der Waals surface area (Å²) in [5.41, 5.74) is 0. The third-order valence-electron chi connectivity index (χ3n) is 3.38. The summed E-state index contributed by atoms with van der Waals surface area (Å²) in [5.74, 6) is 1.35. The van der Waals surface area contributed by atoms with E-state index >= 15 is 0 Å². The van der Waals surface area contributed by atoms with Gasteiger partial charge in [-0.15, -0.1) is 0 Å². The highest BCUT2D eigenvalue weighted by Gasteiger charge is 2.23. The fraction of sp³-hybridized carbons (Fsp3) is 0.917. The van der Waals surface area contributed by atoms with Crippen molar-refractivity contribution in [2.24, 2.45) is 5.92 Å². The Morgan fingerprint density at radius 1 is 1.20 bits per heavy atom. The van der Waals surface area contributed by atoms with Crippen LogP contribution < -0.4 is 0 Å². The van der Waals surface area contributed by atoms with Crippen molar-refractivity contribution >= 4 is 17.5 Å². The van der Waals surface area contributed by atoms with E-state index in [2.05, 4.69) is 0 Å². The van der Waals surface area contributed by atoms with Gasteiger partial charge in [0.15, 0.2) is 0 Å². The van der Waals surface area contributed by atoms with Crippen LogP contribution >= 0.6 is 11.8 Å². The summed E-state index contributed by atoms with van der Waals surface area (Å²) in [5, 5.41) is 0.762. The molecule has 0 bridgehead atoms. The quantitative estimate of drug-likeness (QED) is 0.740. The lowest BCUT2D eigenvalue weighted by molar-refractivity contribution is -0.124. The van der Waals surface area contributed by atoms with Gasteiger partial charge in [-0.1, -0.05) is 12.8 Å². The van der Waals surface area contributed by atoms with E-state index in [1.807, 2.05) is 11.8 Å². The average molecular weight is 228 g/mol. The van der Waals surface area contributed by atoms with E-state index < -0.39 is 0 Å². The van der Waals surface area contributed by atoms with Crippen molar-refractivity contribution in [1.82, 2.24) is 0 Å². The fourth-order valence-corrected chi connectivity index (χ4v) is 3.67. The average Bonchev–Trinajstić information content (AvgIpc) is 2.80. The first-order chi connectivity index (χ1) is 7.36. The highest BCUT2D eigenvalue weighted by molar-refractivity contribution is 8.00. The van der Waals surface area contributed by atoms with Crippen molar-refractivity contribution < 1.29 is 9.53 Å². The second-order valence-corrected chi connectivity index (χ2v) is 5.89. The predicted octanol–water partition coefficient (Wildman–Crippen LogP) is 2.66. The highest BCUT2D eigenvalue weighted by Crippen LogP contribution is 2.30. The number of hydrogen-bond donors (Lipinski definition) is 0. The second kappa shape index (κ2) is 5.90. The molecule has 2 nitrogen and oxygen atoms in total. The minimum Gasteiger partial charge on any atom is -0.381 e. The highest BCUT2D eigenvalue weighted by atomic mass is 32.2. The molecule has 2 rings (SSSR count). The van der Waals surface area contributed by atoms with Gasteiger partial charge in [-0.3, -0.25) is 4.79 Å². The van der Waals surface area contributed by atoms with Crippen molar-refractivity contribution in [1.29, 1.82) is 0 Å². The minimum absolute atomic E-state index is 0.202. The number of thioether (sulfide) groups is 1. The lowest BCUT2D eigenvalue weighted by Gasteiger charge is -2.21. The van der Waals surface area contributed by atoms with E-state index in [9.17, 15) is 4.79 Å². The molecule has 0 aromatic carbocycles. The van der Waals surface area contributed by atoms with Crippen LogP contribution in [0.3, 0.4) is 0 Å². The zero-order chi connectivity index (χ0) is 10.5. The Balaban J connectivity index is 1.66. The summed E-state index contributed by atoms with van der Waals surface area (Å²) in [7, 11) is 0. The molecule has 2 fully saturated rings. The Kier molecular flexibility index (Phi) is 4.51. The lowest BCUT2D eigenvalue weighted by atomic mass is 9.99. The Hall–Kier alpha value is -0.0200. The molecule has 86 valence electrons. The molecule has 1 unspecified atom stereocenters. The summed E-state index contributed by atoms with van der Waals surface area (Å²) < 4.78 is 5.34. The van der Waals surface area contributed by atoms with Gasteiger partial charge in [-0.2, -0.15) is 11.8 Å². The van der Waals surface area contributed by atoms with E-state index in [1.54, 1.807) is 0 Å². The van der Waals surface area contributed by atoms with E-state index in [1.165, 1.54) is 25.7 Å². The third-order valence-corrected chi connectivity index (χ3v) is 4.77. The first kappa shape index (κ1) is 11.5. The van der Waals surface area contributed by atoms with Crippen LogP contribution in [0.4, 0.5) is 0 Å². The number of carbonyl (C=O) groups excluding carboxylic acids is 1. The standard InChI is InChI=1S/C12H20O2S/c13-12(10-4-3-7-14-8-10)9-15-11-5-1-2-6-11/h10-11H,1-9H2. The van der Waals surface area contributed by atoms with Gasteiger partial charge in [0.05, 0.1) is 12.4 Å². The van der Waals surface area contributed by atoms with Crippen LogP contribution in [-0.2, 0) is 9.53 Å². The molecule has 0 aromatic rings. The van der Waals surface area contributed by atoms with Crippen molar-refractivity contribution in [2.45, 2.75) is 43.8 Å². The largest absolute Gasteiger partial charge is 0.381 e. The maximum atomic E-state index is 11.9. The summed E-state index contributed by atoms with van der Waals surface area (Å²) >= 11 is 1.88. The van der Waals surface area contributed by atoms with Crippen LogP contribution in [0.15, 0.2) is 0 Å². The monoisotopic (exact) mass is 228 g/mol. The molecule has 15 heavy (non-hydrogen) atoms. The van der Waals surface area contributed by atoms with E-state index in [0.29, 0.717) is 12.4 Å². The summed E-state index contributed by atoms with van der Waals surface area (Å²) in [6.07, 6.45) is 7.46. The molecule has 1 saturated carbocycles. The molecule has 1 aliphatic heterocycles. The lowest BCUT2D eigenvalue weighted by Crippen LogP contribution is -2.27. The van der Waals surface area contributed by atoms with Crippen molar-refractivity contribution in [3.05, 3.63) is 0 Å². The molecule has 0 aromatic heterocycles. The molecule has 1 atom stereocenters. The molecule has 1 aliphatic carbocycles. The fourth-order valence-electron chi connectivity index (χ4n) is 2.37. The number of Topliss-reactive ketones (excluding diaryl/α,β-unsaturated/α-hetero) is 1. The van der Waals surface area contributed by atoms with Crippen LogP contribution in [0.5, 0.6) is 0 Å². The zero-order valence-electron chi connectivity index (χ0n) is 9.24. The van der Waals surface area contributed by atoms with E-state index in [-0.39, 0.29) is 5.92 Å². The smallest absolute Gasteiger partial charge is 0.148 e. The number of carbonyl (C=O) groups is 1. The Morgan fingerprint density at radius 3 is 2.67 bits per heavy atom. The molecule has 0 amide bonds. The normalized spacial score (nSPS) is 28.1. The Morgan fingerprint density at radius 2 is 2.00 bits per heavy atom. The third kappa shape index (κ3) is 3.49. The van der Waals surface area contributed by atoms with Gasteiger partial charge in [0.2, 0.25) is 0 Å².